The topological polar surface area (TPSA) is 79.5 Å². The van der Waals surface area contributed by atoms with E-state index in [1.165, 1.54) is 30.5 Å². The Balaban J connectivity index is 1.36. The van der Waals surface area contributed by atoms with Crippen LogP contribution in [0.4, 0.5) is 19.1 Å². The minimum Gasteiger partial charge on any atom is -0.507 e. The zero-order valence-electron chi connectivity index (χ0n) is 23.8. The molecule has 0 unspecified atom stereocenters. The molecule has 0 radical (unpaired) electrons. The number of rotatable bonds is 3. The van der Waals surface area contributed by atoms with E-state index in [4.69, 9.17) is 21.1 Å². The average Bonchev–Trinajstić information content (AvgIpc) is 3.73. The third kappa shape index (κ3) is 3.91. The lowest BCUT2D eigenvalue weighted by Gasteiger charge is -2.23. The summed E-state index contributed by atoms with van der Waals surface area (Å²) in [7, 11) is 1.91. The van der Waals surface area contributed by atoms with Crippen molar-refractivity contribution in [1.29, 1.82) is 0 Å². The molecule has 0 aliphatic carbocycles. The van der Waals surface area contributed by atoms with E-state index in [0.29, 0.717) is 67.2 Å². The molecule has 0 bridgehead atoms. The van der Waals surface area contributed by atoms with Gasteiger partial charge in [0.25, 0.3) is 0 Å². The molecule has 44 heavy (non-hydrogen) atoms. The molecular weight excluding hydrogens is 569 g/mol. The van der Waals surface area contributed by atoms with Crippen molar-refractivity contribution in [3.05, 3.63) is 65.5 Å². The number of hydrogen-bond donors (Lipinski definition) is 1. The van der Waals surface area contributed by atoms with Crippen LogP contribution in [0.1, 0.15) is 11.3 Å². The van der Waals surface area contributed by atoms with Gasteiger partial charge in [0, 0.05) is 60.8 Å². The first-order chi connectivity index (χ1) is 21.3. The highest BCUT2D eigenvalue weighted by Crippen LogP contribution is 2.42. The molecule has 1 N–H and O–H groups in total. The van der Waals surface area contributed by atoms with Crippen LogP contribution in [0.3, 0.4) is 0 Å². The van der Waals surface area contributed by atoms with Crippen LogP contribution >= 0.6 is 0 Å². The first kappa shape index (κ1) is 26.9. The Labute approximate surface area is 250 Å². The summed E-state index contributed by atoms with van der Waals surface area (Å²) >= 11 is 0. The maximum Gasteiger partial charge on any atom is 0.226 e. The van der Waals surface area contributed by atoms with E-state index < -0.39 is 17.8 Å². The molecule has 0 amide bonds. The molecule has 3 aliphatic heterocycles. The van der Waals surface area contributed by atoms with Crippen LogP contribution < -0.4 is 4.90 Å². The molecule has 222 valence electrons. The quantitative estimate of drug-likeness (QED) is 0.297. The number of pyridine rings is 1. The summed E-state index contributed by atoms with van der Waals surface area (Å²) in [6.07, 6.45) is 6.12. The van der Waals surface area contributed by atoms with Gasteiger partial charge in [-0.2, -0.15) is 0 Å². The second-order valence-electron chi connectivity index (χ2n) is 11.7. The highest BCUT2D eigenvalue weighted by molar-refractivity contribution is 6.03. The van der Waals surface area contributed by atoms with Gasteiger partial charge >= 0.3 is 0 Å². The van der Waals surface area contributed by atoms with Crippen molar-refractivity contribution in [3.8, 4) is 40.7 Å². The second kappa shape index (κ2) is 9.94. The number of terminal acetylenes is 1. The van der Waals surface area contributed by atoms with Crippen molar-refractivity contribution in [3.63, 3.8) is 0 Å². The first-order valence-corrected chi connectivity index (χ1v) is 14.5. The van der Waals surface area contributed by atoms with Crippen molar-refractivity contribution in [2.24, 2.45) is 5.92 Å². The standard InChI is InChI=1S/C33H27F3N6O2/c1-3-18-19-6-9-27(43)28(20(19)5-7-23(18)34)32-29(36)31-21(12-37-32)30(25-8-4-17-16-44-11-10-42(17)25)38-33(39-31)41-13-22-24(35)14-40(2)26(22)15-41/h1,4-9,12,22,24,26,43H,10-11,13-16H2,2H3/t22-,24+,26-/m1/s1. The fourth-order valence-electron chi connectivity index (χ4n) is 7.10. The van der Waals surface area contributed by atoms with Gasteiger partial charge in [0.15, 0.2) is 5.82 Å². The van der Waals surface area contributed by atoms with Gasteiger partial charge in [0.2, 0.25) is 5.95 Å². The Bertz CT molecular complexity index is 2020. The lowest BCUT2D eigenvalue weighted by molar-refractivity contribution is 0.0856. The second-order valence-corrected chi connectivity index (χ2v) is 11.7. The van der Waals surface area contributed by atoms with Crippen LogP contribution in [0, 0.1) is 29.9 Å². The molecular formula is C33H27F3N6O2. The number of aromatic nitrogens is 4. The smallest absolute Gasteiger partial charge is 0.226 e. The minimum absolute atomic E-state index is 0.00202. The van der Waals surface area contributed by atoms with Crippen LogP contribution in [0.15, 0.2) is 42.6 Å². The maximum atomic E-state index is 16.8. The van der Waals surface area contributed by atoms with Gasteiger partial charge in [0.1, 0.15) is 34.6 Å². The van der Waals surface area contributed by atoms with Gasteiger partial charge in [-0.25, -0.2) is 23.1 Å². The Kier molecular flexibility index (Phi) is 6.08. The average molecular weight is 597 g/mol. The van der Waals surface area contributed by atoms with E-state index in [-0.39, 0.29) is 40.0 Å². The summed E-state index contributed by atoms with van der Waals surface area (Å²) in [6, 6.07) is 9.38. The number of fused-ring (bicyclic) bond motifs is 4. The molecule has 3 atom stereocenters. The number of phenols is 1. The van der Waals surface area contributed by atoms with E-state index >= 15 is 4.39 Å². The molecule has 6 heterocycles. The summed E-state index contributed by atoms with van der Waals surface area (Å²) in [4.78, 5) is 18.1. The van der Waals surface area contributed by atoms with Crippen LogP contribution in [-0.2, 0) is 17.9 Å². The van der Waals surface area contributed by atoms with Gasteiger partial charge < -0.3 is 19.3 Å². The molecule has 8 rings (SSSR count). The third-order valence-corrected chi connectivity index (χ3v) is 9.31. The van der Waals surface area contributed by atoms with E-state index in [0.717, 1.165) is 11.4 Å². The zero-order valence-corrected chi connectivity index (χ0v) is 23.8. The van der Waals surface area contributed by atoms with Crippen molar-refractivity contribution in [1.82, 2.24) is 24.4 Å². The van der Waals surface area contributed by atoms with Crippen molar-refractivity contribution >= 4 is 27.6 Å². The van der Waals surface area contributed by atoms with Gasteiger partial charge in [-0.05, 0) is 42.8 Å². The number of nitrogens with zero attached hydrogens (tertiary/aromatic N) is 6. The van der Waals surface area contributed by atoms with Crippen LogP contribution in [-0.4, -0.2) is 75.0 Å². The Morgan fingerprint density at radius 3 is 2.66 bits per heavy atom. The zero-order chi connectivity index (χ0) is 30.3. The molecule has 3 aromatic heterocycles. The van der Waals surface area contributed by atoms with E-state index in [2.05, 4.69) is 15.5 Å². The number of benzene rings is 2. The number of halogens is 3. The van der Waals surface area contributed by atoms with Crippen LogP contribution in [0.25, 0.3) is 44.3 Å². The summed E-state index contributed by atoms with van der Waals surface area (Å²) in [5, 5.41) is 12.0. The Hall–Kier alpha value is -4.66. The summed E-state index contributed by atoms with van der Waals surface area (Å²) < 4.78 is 53.9. The maximum absolute atomic E-state index is 16.8. The van der Waals surface area contributed by atoms with Crippen LogP contribution in [0.2, 0.25) is 0 Å². The van der Waals surface area contributed by atoms with Crippen molar-refractivity contribution in [2.75, 3.05) is 38.2 Å². The van der Waals surface area contributed by atoms with Crippen LogP contribution in [0.5, 0.6) is 5.75 Å². The number of aromatic hydroxyl groups is 1. The Morgan fingerprint density at radius 2 is 1.84 bits per heavy atom. The van der Waals surface area contributed by atoms with E-state index in [1.54, 1.807) is 0 Å². The fraction of sp³-hybridized carbons (Fsp3) is 0.303. The SMILES string of the molecule is C#Cc1c(F)ccc2c(-c3ncc4c(-c5ccc6n5CCOC6)nc(N5C[C@H]6[C@@H](C5)N(C)C[C@@H]6F)nc4c3F)c(O)ccc12. The lowest BCUT2D eigenvalue weighted by Crippen LogP contribution is -2.33. The lowest BCUT2D eigenvalue weighted by atomic mass is 9.96. The highest BCUT2D eigenvalue weighted by Gasteiger charge is 2.47. The van der Waals surface area contributed by atoms with E-state index in [1.807, 2.05) is 29.0 Å². The van der Waals surface area contributed by atoms with E-state index in [9.17, 15) is 13.9 Å². The summed E-state index contributed by atoms with van der Waals surface area (Å²) in [5.41, 5.74) is 2.18. The van der Waals surface area contributed by atoms with Gasteiger partial charge in [-0.15, -0.1) is 6.42 Å². The number of anilines is 1. The molecule has 3 aliphatic rings. The van der Waals surface area contributed by atoms with Gasteiger partial charge in [-0.1, -0.05) is 12.0 Å². The molecule has 11 heteroatoms. The summed E-state index contributed by atoms with van der Waals surface area (Å²) in [6.45, 7) is 2.89. The number of ether oxygens (including phenoxy) is 1. The monoisotopic (exact) mass is 596 g/mol. The van der Waals surface area contributed by atoms with Gasteiger partial charge in [0.05, 0.1) is 30.0 Å². The Morgan fingerprint density at radius 1 is 1.00 bits per heavy atom. The van der Waals surface area contributed by atoms with Crippen molar-refractivity contribution in [2.45, 2.75) is 25.4 Å². The molecule has 0 spiro atoms. The molecule has 5 aromatic rings. The molecule has 2 aromatic carbocycles. The predicted molar refractivity (Wildman–Crippen MR) is 160 cm³/mol. The largest absolute Gasteiger partial charge is 0.507 e. The predicted octanol–water partition coefficient (Wildman–Crippen LogP) is 4.90. The van der Waals surface area contributed by atoms with Crippen molar-refractivity contribution < 1.29 is 23.0 Å². The number of likely N-dealkylation sites (N-methyl/N-ethyl adjacent to an activating group) is 1. The number of hydrogen-bond acceptors (Lipinski definition) is 7. The molecule has 8 nitrogen and oxygen atoms in total. The minimum atomic E-state index is -0.966. The normalized spacial score (nSPS) is 21.6. The number of phenolic OH excluding ortho intramolecular Hbond substituents is 1. The summed E-state index contributed by atoms with van der Waals surface area (Å²) in [5.74, 6) is 0.845. The highest BCUT2D eigenvalue weighted by atomic mass is 19.1. The molecule has 0 saturated carbocycles. The first-order valence-electron chi connectivity index (χ1n) is 14.5. The molecule has 2 saturated heterocycles. The number of alkyl halides is 1. The molecule has 2 fully saturated rings. The fourth-order valence-corrected chi connectivity index (χ4v) is 7.10. The third-order valence-electron chi connectivity index (χ3n) is 9.31. The van der Waals surface area contributed by atoms with Gasteiger partial charge in [-0.3, -0.25) is 9.88 Å². The number of likely N-dealkylation sites (tertiary alicyclic amines) is 1.